The number of aliphatic hydroxyl groups is 2. The van der Waals surface area contributed by atoms with E-state index in [1.807, 2.05) is 19.9 Å². The molecule has 5 aliphatic heterocycles. The molecule has 5 heterocycles. The first-order valence-corrected chi connectivity index (χ1v) is 14.3. The zero-order valence-corrected chi connectivity index (χ0v) is 24.1. The summed E-state index contributed by atoms with van der Waals surface area (Å²) in [6.07, 6.45) is 0. The lowest BCUT2D eigenvalue weighted by Crippen LogP contribution is -2.78. The Hall–Kier alpha value is -4.89. The SMILES string of the molecule is CC1(C)COc2c(C(=O)NC3CN4C(N)=N[C@@H](CN5C(=O)CN(c6ccccc6)C5=O)[C@@H]5N=C(N)N[C@@]54C3(O)O)cccc21. The Morgan fingerprint density at radius 3 is 2.61 bits per heavy atom. The number of fused-ring (bicyclic) bond motifs is 1. The summed E-state index contributed by atoms with van der Waals surface area (Å²) in [5.74, 6) is -3.49. The Balaban J connectivity index is 1.17. The molecule has 230 valence electrons. The molecule has 15 heteroatoms. The van der Waals surface area contributed by atoms with Gasteiger partial charge in [-0.2, -0.15) is 0 Å². The maximum absolute atomic E-state index is 13.6. The number of nitrogens with two attached hydrogens (primary N) is 2. The van der Waals surface area contributed by atoms with Crippen molar-refractivity contribution in [1.29, 1.82) is 0 Å². The van der Waals surface area contributed by atoms with Crippen molar-refractivity contribution in [3.63, 3.8) is 0 Å². The third-order valence-corrected chi connectivity index (χ3v) is 9.17. The van der Waals surface area contributed by atoms with Crippen LogP contribution in [0.15, 0.2) is 58.5 Å². The normalized spacial score (nSPS) is 29.4. The summed E-state index contributed by atoms with van der Waals surface area (Å²) in [5.41, 5.74) is 12.0. The molecule has 4 atom stereocenters. The van der Waals surface area contributed by atoms with Crippen LogP contribution in [0.25, 0.3) is 0 Å². The second-order valence-electron chi connectivity index (χ2n) is 12.3. The first-order chi connectivity index (χ1) is 20.8. The molecule has 2 fully saturated rings. The quantitative estimate of drug-likeness (QED) is 0.174. The van der Waals surface area contributed by atoms with Crippen molar-refractivity contribution in [3.05, 3.63) is 59.7 Å². The summed E-state index contributed by atoms with van der Waals surface area (Å²) in [7, 11) is 0. The Morgan fingerprint density at radius 2 is 1.86 bits per heavy atom. The molecule has 0 bridgehead atoms. The molecule has 0 aliphatic carbocycles. The average Bonchev–Trinajstić information content (AvgIpc) is 3.66. The molecule has 2 aromatic carbocycles. The van der Waals surface area contributed by atoms with Crippen molar-refractivity contribution >= 4 is 35.5 Å². The molecule has 4 amide bonds. The number of nitrogens with one attached hydrogen (secondary N) is 2. The van der Waals surface area contributed by atoms with Crippen molar-refractivity contribution in [2.45, 2.75) is 48.8 Å². The number of carbonyl (C=O) groups is 3. The molecule has 0 saturated carbocycles. The van der Waals surface area contributed by atoms with Gasteiger partial charge in [-0.25, -0.2) is 14.8 Å². The summed E-state index contributed by atoms with van der Waals surface area (Å²) in [6.45, 7) is 3.87. The second kappa shape index (κ2) is 9.30. The van der Waals surface area contributed by atoms with Crippen LogP contribution < -0.4 is 31.7 Å². The maximum Gasteiger partial charge on any atom is 0.331 e. The van der Waals surface area contributed by atoms with E-state index in [0.717, 1.165) is 10.5 Å². The molecule has 1 spiro atoms. The third-order valence-electron chi connectivity index (χ3n) is 9.17. The molecule has 2 aromatic rings. The minimum Gasteiger partial charge on any atom is -0.492 e. The Kier molecular flexibility index (Phi) is 5.90. The van der Waals surface area contributed by atoms with Gasteiger partial charge in [-0.3, -0.25) is 19.4 Å². The summed E-state index contributed by atoms with van der Waals surface area (Å²) in [6, 6.07) is 10.1. The van der Waals surface area contributed by atoms with E-state index in [1.54, 1.807) is 42.5 Å². The molecule has 5 aliphatic rings. The van der Waals surface area contributed by atoms with Crippen LogP contribution in [0.2, 0.25) is 0 Å². The summed E-state index contributed by atoms with van der Waals surface area (Å²) >= 11 is 0. The molecule has 7 rings (SSSR count). The number of rotatable bonds is 5. The van der Waals surface area contributed by atoms with Crippen LogP contribution in [0.4, 0.5) is 10.5 Å². The smallest absolute Gasteiger partial charge is 0.331 e. The summed E-state index contributed by atoms with van der Waals surface area (Å²) < 4.78 is 5.86. The van der Waals surface area contributed by atoms with E-state index in [1.165, 1.54) is 9.80 Å². The highest BCUT2D eigenvalue weighted by molar-refractivity contribution is 6.12. The Bertz CT molecular complexity index is 1640. The minimum absolute atomic E-state index is 0.0995. The van der Waals surface area contributed by atoms with E-state index in [2.05, 4.69) is 20.6 Å². The molecule has 0 radical (unpaired) electrons. The number of nitrogens with zero attached hydrogens (tertiary/aromatic N) is 5. The van der Waals surface area contributed by atoms with Crippen LogP contribution >= 0.6 is 0 Å². The van der Waals surface area contributed by atoms with Crippen LogP contribution in [0.5, 0.6) is 5.75 Å². The molecule has 15 nitrogen and oxygen atoms in total. The highest BCUT2D eigenvalue weighted by atomic mass is 16.5. The largest absolute Gasteiger partial charge is 0.492 e. The van der Waals surface area contributed by atoms with Gasteiger partial charge in [-0.1, -0.05) is 44.2 Å². The monoisotopic (exact) mass is 603 g/mol. The summed E-state index contributed by atoms with van der Waals surface area (Å²) in [4.78, 5) is 52.6. The first kappa shape index (κ1) is 27.9. The van der Waals surface area contributed by atoms with Gasteiger partial charge >= 0.3 is 6.03 Å². The van der Waals surface area contributed by atoms with Gasteiger partial charge in [0, 0.05) is 23.2 Å². The van der Waals surface area contributed by atoms with E-state index >= 15 is 0 Å². The molecule has 2 saturated heterocycles. The van der Waals surface area contributed by atoms with Crippen molar-refractivity contribution in [3.8, 4) is 5.75 Å². The van der Waals surface area contributed by atoms with Crippen LogP contribution in [0.1, 0.15) is 29.8 Å². The molecule has 0 aromatic heterocycles. The van der Waals surface area contributed by atoms with Gasteiger partial charge in [0.2, 0.25) is 5.79 Å². The fourth-order valence-electron chi connectivity index (χ4n) is 6.92. The summed E-state index contributed by atoms with van der Waals surface area (Å²) in [5, 5.41) is 29.2. The molecule has 44 heavy (non-hydrogen) atoms. The number of anilines is 1. The van der Waals surface area contributed by atoms with Crippen molar-refractivity contribution in [2.75, 3.05) is 31.1 Å². The lowest BCUT2D eigenvalue weighted by atomic mass is 9.84. The molecular formula is C29H33N9O6. The Morgan fingerprint density at radius 1 is 1.11 bits per heavy atom. The first-order valence-electron chi connectivity index (χ1n) is 14.3. The van der Waals surface area contributed by atoms with Gasteiger partial charge in [-0.15, -0.1) is 0 Å². The highest BCUT2D eigenvalue weighted by Gasteiger charge is 2.73. The van der Waals surface area contributed by atoms with Gasteiger partial charge in [0.1, 0.15) is 24.4 Å². The van der Waals surface area contributed by atoms with E-state index in [0.29, 0.717) is 18.0 Å². The zero-order valence-electron chi connectivity index (χ0n) is 24.1. The molecule has 1 unspecified atom stereocenters. The number of benzene rings is 2. The number of amides is 4. The van der Waals surface area contributed by atoms with Gasteiger partial charge < -0.3 is 42.0 Å². The van der Waals surface area contributed by atoms with Crippen LogP contribution in [-0.4, -0.2) is 106 Å². The number of hydrogen-bond donors (Lipinski definition) is 6. The van der Waals surface area contributed by atoms with E-state index in [4.69, 9.17) is 16.2 Å². The third kappa shape index (κ3) is 3.78. The average molecular weight is 604 g/mol. The second-order valence-corrected chi connectivity index (χ2v) is 12.3. The molecule has 8 N–H and O–H groups in total. The predicted octanol–water partition coefficient (Wildman–Crippen LogP) is -1.40. The molecular weight excluding hydrogens is 570 g/mol. The van der Waals surface area contributed by atoms with Crippen molar-refractivity contribution < 1.29 is 29.3 Å². The maximum atomic E-state index is 13.6. The number of ether oxygens (including phenoxy) is 1. The predicted molar refractivity (Wildman–Crippen MR) is 158 cm³/mol. The van der Waals surface area contributed by atoms with Crippen LogP contribution in [0, 0.1) is 0 Å². The standard InChI is InChI=1S/C29H33N9O6/c1-27(2)14-44-21-16(9-6-10-17(21)27)23(40)33-19-12-38-25(31)32-18(22-28(38,29(19,42)43)35-24(30)34-22)11-37-20(39)13-36(26(37)41)15-7-4-3-5-8-15/h3-10,18-19,22,42-43H,11-14H2,1-2H3,(H2,31,32)(H,33,40)(H3,30,34,35)/t18-,19?,22-,28-/m0/s1. The number of urea groups is 1. The number of guanidine groups is 2. The minimum atomic E-state index is -2.69. The van der Waals surface area contributed by atoms with Gasteiger partial charge in [0.15, 0.2) is 17.6 Å². The number of imide groups is 1. The van der Waals surface area contributed by atoms with Gasteiger partial charge in [-0.05, 0) is 18.2 Å². The van der Waals surface area contributed by atoms with Crippen molar-refractivity contribution in [2.24, 2.45) is 21.5 Å². The van der Waals surface area contributed by atoms with E-state index < -0.39 is 47.4 Å². The van der Waals surface area contributed by atoms with E-state index in [9.17, 15) is 24.6 Å². The van der Waals surface area contributed by atoms with Crippen LogP contribution in [0.3, 0.4) is 0 Å². The van der Waals surface area contributed by atoms with E-state index in [-0.39, 0.29) is 42.5 Å². The fourth-order valence-corrected chi connectivity index (χ4v) is 6.92. The lowest BCUT2D eigenvalue weighted by Gasteiger charge is -2.49. The number of para-hydroxylation sites is 2. The highest BCUT2D eigenvalue weighted by Crippen LogP contribution is 2.46. The Labute approximate surface area is 252 Å². The van der Waals surface area contributed by atoms with Crippen LogP contribution in [-0.2, 0) is 10.2 Å². The number of aliphatic imine (C=N–C) groups is 2. The fraction of sp³-hybridized carbons (Fsp3) is 0.414. The topological polar surface area (TPSA) is 211 Å². The van der Waals surface area contributed by atoms with Gasteiger partial charge in [0.05, 0.1) is 24.8 Å². The van der Waals surface area contributed by atoms with Crippen molar-refractivity contribution in [1.82, 2.24) is 20.4 Å². The lowest BCUT2D eigenvalue weighted by molar-refractivity contribution is -0.230. The van der Waals surface area contributed by atoms with Gasteiger partial charge in [0.25, 0.3) is 11.8 Å². The number of carbonyl (C=O) groups excluding carboxylic acids is 3. The zero-order chi connectivity index (χ0) is 31.2. The number of hydrogen-bond acceptors (Lipinski definition) is 12.